The topological polar surface area (TPSA) is 0 Å². The third kappa shape index (κ3) is 4.83. The summed E-state index contributed by atoms with van der Waals surface area (Å²) < 4.78 is 1.68. The van der Waals surface area contributed by atoms with E-state index in [2.05, 4.69) is 37.5 Å². The van der Waals surface area contributed by atoms with Crippen molar-refractivity contribution >= 4 is 23.9 Å². The van der Waals surface area contributed by atoms with Crippen molar-refractivity contribution in [3.63, 3.8) is 0 Å². The first-order chi connectivity index (χ1) is 7.67. The van der Waals surface area contributed by atoms with Crippen LogP contribution in [0.3, 0.4) is 0 Å². The molecule has 0 spiro atoms. The van der Waals surface area contributed by atoms with Gasteiger partial charge in [-0.25, -0.2) is 0 Å². The molecule has 0 unspecified atom stereocenters. The van der Waals surface area contributed by atoms with Gasteiger partial charge in [-0.3, -0.25) is 0 Å². The molecule has 1 rings (SSSR count). The Labute approximate surface area is 106 Å². The molecule has 0 aromatic carbocycles. The summed E-state index contributed by atoms with van der Waals surface area (Å²) in [7, 11) is -1.08. The lowest BCUT2D eigenvalue weighted by Gasteiger charge is -2.20. The summed E-state index contributed by atoms with van der Waals surface area (Å²) in [6, 6.07) is 6.02. The normalized spacial score (nSPS) is 11.9. The van der Waals surface area contributed by atoms with Crippen LogP contribution in [0.2, 0.25) is 19.1 Å². The van der Waals surface area contributed by atoms with Crippen LogP contribution in [0.15, 0.2) is 17.5 Å². The van der Waals surface area contributed by atoms with Crippen molar-refractivity contribution < 1.29 is 0 Å². The summed E-state index contributed by atoms with van der Waals surface area (Å²) in [6.45, 7) is 7.32. The fourth-order valence-corrected chi connectivity index (χ4v) is 6.31. The molecule has 1 aromatic rings. The third-order valence-electron chi connectivity index (χ3n) is 3.34. The summed E-state index contributed by atoms with van der Waals surface area (Å²) in [5, 5.41) is 2.23. The van der Waals surface area contributed by atoms with Crippen molar-refractivity contribution in [3.8, 4) is 0 Å². The predicted octanol–water partition coefficient (Wildman–Crippen LogP) is 5.02. The number of unbranched alkanes of at least 4 members (excludes halogenated alkanes) is 5. The van der Waals surface area contributed by atoms with Crippen molar-refractivity contribution in [1.29, 1.82) is 0 Å². The van der Waals surface area contributed by atoms with Gasteiger partial charge in [0.25, 0.3) is 0 Å². The fraction of sp³-hybridized carbons (Fsp3) is 0.714. The molecule has 0 atom stereocenters. The summed E-state index contributed by atoms with van der Waals surface area (Å²) in [6.07, 6.45) is 8.56. The van der Waals surface area contributed by atoms with Crippen LogP contribution >= 0.6 is 11.3 Å². The molecule has 0 bridgehead atoms. The van der Waals surface area contributed by atoms with Gasteiger partial charge in [0.2, 0.25) is 0 Å². The first kappa shape index (κ1) is 14.0. The second kappa shape index (κ2) is 7.28. The van der Waals surface area contributed by atoms with Crippen LogP contribution in [0, 0.1) is 0 Å². The molecule has 1 aromatic heterocycles. The van der Waals surface area contributed by atoms with Gasteiger partial charge in [-0.05, 0) is 9.88 Å². The van der Waals surface area contributed by atoms with Gasteiger partial charge in [0, 0.05) is 0 Å². The Morgan fingerprint density at radius 2 is 1.75 bits per heavy atom. The molecule has 0 amide bonds. The Balaban J connectivity index is 2.17. The van der Waals surface area contributed by atoms with E-state index in [0.717, 1.165) is 0 Å². The standard InChI is InChI=1S/C14H26SSi/c1-4-5-6-7-8-9-13-16(2,3)14-11-10-12-15-14/h10-12H,4-9,13H2,1-3H3. The fourth-order valence-electron chi connectivity index (χ4n) is 2.13. The highest BCUT2D eigenvalue weighted by Gasteiger charge is 2.23. The van der Waals surface area contributed by atoms with E-state index in [4.69, 9.17) is 0 Å². The summed E-state index contributed by atoms with van der Waals surface area (Å²) >= 11 is 1.96. The van der Waals surface area contributed by atoms with E-state index in [0.29, 0.717) is 0 Å². The van der Waals surface area contributed by atoms with Crippen molar-refractivity contribution in [2.24, 2.45) is 0 Å². The van der Waals surface area contributed by atoms with E-state index < -0.39 is 8.07 Å². The van der Waals surface area contributed by atoms with Crippen LogP contribution in [0.25, 0.3) is 0 Å². The van der Waals surface area contributed by atoms with Crippen molar-refractivity contribution in [2.45, 2.75) is 64.6 Å². The highest BCUT2D eigenvalue weighted by atomic mass is 32.1. The molecule has 1 heterocycles. The van der Waals surface area contributed by atoms with Gasteiger partial charge in [0.15, 0.2) is 0 Å². The van der Waals surface area contributed by atoms with Crippen LogP contribution in [0.5, 0.6) is 0 Å². The zero-order chi connectivity index (χ0) is 11.9. The quantitative estimate of drug-likeness (QED) is 0.451. The molecule has 16 heavy (non-hydrogen) atoms. The Morgan fingerprint density at radius 3 is 2.38 bits per heavy atom. The van der Waals surface area contributed by atoms with Crippen LogP contribution in [0.4, 0.5) is 0 Å². The SMILES string of the molecule is CCCCCCCC[Si](C)(C)c1cccs1. The summed E-state index contributed by atoms with van der Waals surface area (Å²) in [4.78, 5) is 0. The zero-order valence-electron chi connectivity index (χ0n) is 11.1. The number of rotatable bonds is 8. The highest BCUT2D eigenvalue weighted by Crippen LogP contribution is 2.18. The average molecular weight is 255 g/mol. The molecule has 2 heteroatoms. The van der Waals surface area contributed by atoms with E-state index >= 15 is 0 Å². The lowest BCUT2D eigenvalue weighted by Crippen LogP contribution is -2.38. The van der Waals surface area contributed by atoms with E-state index in [1.54, 1.807) is 4.50 Å². The molecule has 92 valence electrons. The Hall–Kier alpha value is -0.0831. The van der Waals surface area contributed by atoms with Crippen LogP contribution in [-0.2, 0) is 0 Å². The van der Waals surface area contributed by atoms with Gasteiger partial charge >= 0.3 is 0 Å². The monoisotopic (exact) mass is 254 g/mol. The first-order valence-corrected chi connectivity index (χ1v) is 10.8. The second-order valence-corrected chi connectivity index (χ2v) is 11.5. The Kier molecular flexibility index (Phi) is 6.36. The van der Waals surface area contributed by atoms with Gasteiger partial charge < -0.3 is 0 Å². The molecule has 0 saturated heterocycles. The smallest absolute Gasteiger partial charge is 0.0934 e. The van der Waals surface area contributed by atoms with Gasteiger partial charge in [-0.15, -0.1) is 0 Å². The van der Waals surface area contributed by atoms with E-state index in [1.807, 2.05) is 11.3 Å². The predicted molar refractivity (Wildman–Crippen MR) is 79.6 cm³/mol. The first-order valence-electron chi connectivity index (χ1n) is 6.71. The maximum Gasteiger partial charge on any atom is 0.0934 e. The third-order valence-corrected chi connectivity index (χ3v) is 9.14. The maximum atomic E-state index is 2.52. The number of hydrogen-bond acceptors (Lipinski definition) is 1. The zero-order valence-corrected chi connectivity index (χ0v) is 12.9. The molecule has 0 nitrogen and oxygen atoms in total. The lowest BCUT2D eigenvalue weighted by molar-refractivity contribution is 0.623. The molecular formula is C14H26SSi. The minimum atomic E-state index is -1.08. The van der Waals surface area contributed by atoms with Crippen LogP contribution in [-0.4, -0.2) is 8.07 Å². The largest absolute Gasteiger partial charge is 0.154 e. The highest BCUT2D eigenvalue weighted by molar-refractivity contribution is 7.25. The molecule has 0 N–H and O–H groups in total. The number of hydrogen-bond donors (Lipinski definition) is 0. The van der Waals surface area contributed by atoms with Gasteiger partial charge in [0.1, 0.15) is 0 Å². The lowest BCUT2D eigenvalue weighted by atomic mass is 10.1. The molecule has 0 aliphatic carbocycles. The van der Waals surface area contributed by atoms with Crippen LogP contribution < -0.4 is 4.50 Å². The summed E-state index contributed by atoms with van der Waals surface area (Å²) in [5.41, 5.74) is 0. The molecule has 0 aliphatic rings. The van der Waals surface area contributed by atoms with Crippen LogP contribution in [0.1, 0.15) is 45.4 Å². The van der Waals surface area contributed by atoms with Gasteiger partial charge in [-0.1, -0.05) is 76.7 Å². The van der Waals surface area contributed by atoms with E-state index in [-0.39, 0.29) is 0 Å². The molecule has 0 radical (unpaired) electrons. The van der Waals surface area contributed by atoms with Crippen molar-refractivity contribution in [3.05, 3.63) is 17.5 Å². The maximum absolute atomic E-state index is 2.52. The van der Waals surface area contributed by atoms with Gasteiger partial charge in [0.05, 0.1) is 8.07 Å². The average Bonchev–Trinajstić information content (AvgIpc) is 2.77. The van der Waals surface area contributed by atoms with E-state index in [1.165, 1.54) is 44.6 Å². The minimum Gasteiger partial charge on any atom is -0.154 e. The molecular weight excluding hydrogens is 228 g/mol. The molecule has 0 aliphatic heterocycles. The molecule has 0 fully saturated rings. The van der Waals surface area contributed by atoms with E-state index in [9.17, 15) is 0 Å². The summed E-state index contributed by atoms with van der Waals surface area (Å²) in [5.74, 6) is 0. The Bertz CT molecular complexity index is 264. The minimum absolute atomic E-state index is 1.08. The van der Waals surface area contributed by atoms with Gasteiger partial charge in [-0.2, -0.15) is 11.3 Å². The number of thiophene rings is 1. The van der Waals surface area contributed by atoms with Crippen molar-refractivity contribution in [2.75, 3.05) is 0 Å². The molecule has 0 saturated carbocycles. The van der Waals surface area contributed by atoms with Crippen molar-refractivity contribution in [1.82, 2.24) is 0 Å². The Morgan fingerprint density at radius 1 is 1.06 bits per heavy atom. The second-order valence-electron chi connectivity index (χ2n) is 5.38.